The Morgan fingerprint density at radius 1 is 0.939 bits per heavy atom. The normalized spacial score (nSPS) is 11.7. The molecule has 0 unspecified atom stereocenters. The first-order chi connectivity index (χ1) is 15.4. The summed E-state index contributed by atoms with van der Waals surface area (Å²) < 4.78 is 44.0. The third-order valence-corrected chi connectivity index (χ3v) is 5.08. The number of halogens is 5. The number of amides is 1. The standard InChI is InChI=1S/C23H17Cl2F3N2O3/c1-22(2,21(32)30-20-18(25)11-15(12-29-20)23(26,27)28)33-17-9-5-14(6-10-17)19(31)13-3-7-16(24)8-4-13/h3-12H,1-2H3,(H,29,30,32). The fourth-order valence-electron chi connectivity index (χ4n) is 2.73. The van der Waals surface area contributed by atoms with Crippen LogP contribution in [0.4, 0.5) is 19.0 Å². The maximum absolute atomic E-state index is 12.8. The summed E-state index contributed by atoms with van der Waals surface area (Å²) in [4.78, 5) is 28.8. The quantitative estimate of drug-likeness (QED) is 0.399. The minimum absolute atomic E-state index is 0.210. The molecule has 0 aliphatic carbocycles. The van der Waals surface area contributed by atoms with E-state index in [9.17, 15) is 22.8 Å². The molecule has 0 aliphatic rings. The molecule has 0 atom stereocenters. The maximum atomic E-state index is 12.8. The van der Waals surface area contributed by atoms with E-state index in [4.69, 9.17) is 27.9 Å². The fourth-order valence-corrected chi connectivity index (χ4v) is 3.07. The van der Waals surface area contributed by atoms with Crippen molar-refractivity contribution in [2.75, 3.05) is 5.32 Å². The Morgan fingerprint density at radius 3 is 2.00 bits per heavy atom. The van der Waals surface area contributed by atoms with Gasteiger partial charge in [-0.1, -0.05) is 23.2 Å². The monoisotopic (exact) mass is 496 g/mol. The number of carbonyl (C=O) groups is 2. The van der Waals surface area contributed by atoms with Gasteiger partial charge in [0.2, 0.25) is 0 Å². The number of nitrogens with one attached hydrogen (secondary N) is 1. The molecule has 0 bridgehead atoms. The number of benzene rings is 2. The first-order valence-corrected chi connectivity index (χ1v) is 10.3. The second kappa shape index (κ2) is 9.41. The molecule has 172 valence electrons. The van der Waals surface area contributed by atoms with Gasteiger partial charge in [-0.2, -0.15) is 13.2 Å². The average molecular weight is 497 g/mol. The summed E-state index contributed by atoms with van der Waals surface area (Å²) in [6, 6.07) is 13.3. The highest BCUT2D eigenvalue weighted by atomic mass is 35.5. The van der Waals surface area contributed by atoms with Crippen LogP contribution in [-0.4, -0.2) is 22.3 Å². The van der Waals surface area contributed by atoms with Crippen LogP contribution in [0.1, 0.15) is 35.3 Å². The lowest BCUT2D eigenvalue weighted by Gasteiger charge is -2.25. The van der Waals surface area contributed by atoms with Gasteiger partial charge < -0.3 is 10.1 Å². The van der Waals surface area contributed by atoms with Crippen LogP contribution in [0.2, 0.25) is 10.0 Å². The van der Waals surface area contributed by atoms with Crippen LogP contribution in [0.5, 0.6) is 5.75 Å². The Morgan fingerprint density at radius 2 is 1.48 bits per heavy atom. The number of ketones is 1. The molecule has 5 nitrogen and oxygen atoms in total. The smallest absolute Gasteiger partial charge is 0.417 e. The summed E-state index contributed by atoms with van der Waals surface area (Å²) in [6.45, 7) is 2.93. The molecule has 10 heteroatoms. The van der Waals surface area contributed by atoms with E-state index in [0.29, 0.717) is 34.2 Å². The van der Waals surface area contributed by atoms with Crippen LogP contribution in [0.25, 0.3) is 0 Å². The lowest BCUT2D eigenvalue weighted by atomic mass is 10.0. The predicted octanol–water partition coefficient (Wildman–Crippen LogP) is 6.43. The number of carbonyl (C=O) groups excluding carboxylic acids is 2. The Hall–Kier alpha value is -3.10. The topological polar surface area (TPSA) is 68.3 Å². The highest BCUT2D eigenvalue weighted by Gasteiger charge is 2.33. The van der Waals surface area contributed by atoms with Crippen LogP contribution in [0, 0.1) is 0 Å². The summed E-state index contributed by atoms with van der Waals surface area (Å²) >= 11 is 11.7. The van der Waals surface area contributed by atoms with Crippen molar-refractivity contribution in [1.29, 1.82) is 0 Å². The molecule has 0 spiro atoms. The van der Waals surface area contributed by atoms with Crippen LogP contribution in [0.15, 0.2) is 60.8 Å². The van der Waals surface area contributed by atoms with Gasteiger partial charge in [-0.3, -0.25) is 9.59 Å². The van der Waals surface area contributed by atoms with Crippen molar-refractivity contribution in [1.82, 2.24) is 4.98 Å². The molecule has 33 heavy (non-hydrogen) atoms. The number of anilines is 1. The number of alkyl halides is 3. The van der Waals surface area contributed by atoms with Gasteiger partial charge in [0.25, 0.3) is 5.91 Å². The number of hydrogen-bond acceptors (Lipinski definition) is 4. The van der Waals surface area contributed by atoms with E-state index >= 15 is 0 Å². The average Bonchev–Trinajstić information content (AvgIpc) is 2.74. The molecule has 0 aliphatic heterocycles. The molecule has 0 radical (unpaired) electrons. The number of pyridine rings is 1. The van der Waals surface area contributed by atoms with Gasteiger partial charge in [-0.15, -0.1) is 0 Å². The Bertz CT molecular complexity index is 1180. The summed E-state index contributed by atoms with van der Waals surface area (Å²) in [5.74, 6) is -0.819. The molecule has 0 saturated carbocycles. The second-order valence-electron chi connectivity index (χ2n) is 7.48. The third-order valence-electron chi connectivity index (χ3n) is 4.54. The lowest BCUT2D eigenvalue weighted by Crippen LogP contribution is -2.42. The molecular formula is C23H17Cl2F3N2O3. The fraction of sp³-hybridized carbons (Fsp3) is 0.174. The number of hydrogen-bond donors (Lipinski definition) is 1. The van der Waals surface area contributed by atoms with Crippen molar-refractivity contribution in [3.05, 3.63) is 87.5 Å². The highest BCUT2D eigenvalue weighted by molar-refractivity contribution is 6.33. The van der Waals surface area contributed by atoms with Crippen molar-refractivity contribution < 1.29 is 27.5 Å². The van der Waals surface area contributed by atoms with Gasteiger partial charge in [0, 0.05) is 22.3 Å². The van der Waals surface area contributed by atoms with Crippen molar-refractivity contribution in [2.45, 2.75) is 25.6 Å². The number of rotatable bonds is 6. The Balaban J connectivity index is 1.69. The molecule has 0 fully saturated rings. The minimum Gasteiger partial charge on any atom is -0.478 e. The van der Waals surface area contributed by atoms with Crippen molar-refractivity contribution in [2.24, 2.45) is 0 Å². The van der Waals surface area contributed by atoms with E-state index in [0.717, 1.165) is 0 Å². The lowest BCUT2D eigenvalue weighted by molar-refractivity contribution is -0.137. The van der Waals surface area contributed by atoms with Crippen LogP contribution in [-0.2, 0) is 11.0 Å². The molecule has 3 rings (SSSR count). The summed E-state index contributed by atoms with van der Waals surface area (Å²) in [6.07, 6.45) is -4.03. The van der Waals surface area contributed by atoms with Gasteiger partial charge in [-0.25, -0.2) is 4.98 Å². The predicted molar refractivity (Wildman–Crippen MR) is 119 cm³/mol. The van der Waals surface area contributed by atoms with Gasteiger partial charge in [-0.05, 0) is 68.4 Å². The van der Waals surface area contributed by atoms with Gasteiger partial charge >= 0.3 is 6.18 Å². The van der Waals surface area contributed by atoms with E-state index < -0.39 is 23.2 Å². The number of aromatic nitrogens is 1. The number of nitrogens with zero attached hydrogens (tertiary/aromatic N) is 1. The molecule has 2 aromatic carbocycles. The zero-order valence-electron chi connectivity index (χ0n) is 17.3. The van der Waals surface area contributed by atoms with E-state index in [2.05, 4.69) is 10.3 Å². The Kier molecular flexibility index (Phi) is 7.00. The molecular weight excluding hydrogens is 480 g/mol. The van der Waals surface area contributed by atoms with Crippen LogP contribution < -0.4 is 10.1 Å². The van der Waals surface area contributed by atoms with Gasteiger partial charge in [0.05, 0.1) is 10.6 Å². The van der Waals surface area contributed by atoms with E-state index in [1.165, 1.54) is 26.0 Å². The summed E-state index contributed by atoms with van der Waals surface area (Å²) in [5, 5.41) is 2.52. The highest BCUT2D eigenvalue weighted by Crippen LogP contribution is 2.32. The molecule has 1 amide bonds. The maximum Gasteiger partial charge on any atom is 0.417 e. The molecule has 3 aromatic rings. The molecule has 1 heterocycles. The largest absolute Gasteiger partial charge is 0.478 e. The summed E-state index contributed by atoms with van der Waals surface area (Å²) in [5.41, 5.74) is -1.59. The van der Waals surface area contributed by atoms with Crippen molar-refractivity contribution >= 4 is 40.7 Å². The molecule has 1 aromatic heterocycles. The zero-order valence-corrected chi connectivity index (χ0v) is 18.8. The third kappa shape index (κ3) is 6.03. The first-order valence-electron chi connectivity index (χ1n) is 9.50. The van der Waals surface area contributed by atoms with E-state index in [1.54, 1.807) is 36.4 Å². The summed E-state index contributed by atoms with van der Waals surface area (Å²) in [7, 11) is 0. The van der Waals surface area contributed by atoms with Crippen LogP contribution >= 0.6 is 23.2 Å². The molecule has 0 saturated heterocycles. The first kappa shape index (κ1) is 24.5. The van der Waals surface area contributed by atoms with Gasteiger partial charge in [0.15, 0.2) is 17.2 Å². The van der Waals surface area contributed by atoms with Gasteiger partial charge in [0.1, 0.15) is 5.75 Å². The Labute approximate surface area is 197 Å². The van der Waals surface area contributed by atoms with Crippen molar-refractivity contribution in [3.8, 4) is 5.75 Å². The van der Waals surface area contributed by atoms with E-state index in [1.807, 2.05) is 0 Å². The zero-order chi connectivity index (χ0) is 24.4. The van der Waals surface area contributed by atoms with Crippen molar-refractivity contribution in [3.63, 3.8) is 0 Å². The molecule has 1 N–H and O–H groups in total. The minimum atomic E-state index is -4.61. The SMILES string of the molecule is CC(C)(Oc1ccc(C(=O)c2ccc(Cl)cc2)cc1)C(=O)Nc1ncc(C(F)(F)F)cc1Cl. The number of ether oxygens (including phenoxy) is 1. The second-order valence-corrected chi connectivity index (χ2v) is 8.32. The van der Waals surface area contributed by atoms with Crippen LogP contribution in [0.3, 0.4) is 0 Å². The van der Waals surface area contributed by atoms with E-state index in [-0.39, 0.29) is 16.6 Å².